The van der Waals surface area contributed by atoms with Crippen molar-refractivity contribution in [2.24, 2.45) is 5.10 Å². The summed E-state index contributed by atoms with van der Waals surface area (Å²) in [5, 5.41) is 4.76. The number of carbonyl (C=O) groups excluding carboxylic acids is 2. The first-order chi connectivity index (χ1) is 14.4. The third-order valence-electron chi connectivity index (χ3n) is 3.93. The average molecular weight is 540 g/mol. The van der Waals surface area contributed by atoms with Gasteiger partial charge in [-0.05, 0) is 52.3 Å². The summed E-state index contributed by atoms with van der Waals surface area (Å²) in [6.07, 6.45) is 1.44. The number of carbonyl (C=O) groups is 2. The van der Waals surface area contributed by atoms with Crippen molar-refractivity contribution in [3.05, 3.63) is 56.7 Å². The van der Waals surface area contributed by atoms with Gasteiger partial charge in [0.2, 0.25) is 0 Å². The number of ether oxygens (including phenoxy) is 3. The maximum Gasteiger partial charge on any atom is 0.343 e. The smallest absolute Gasteiger partial charge is 0.343 e. The van der Waals surface area contributed by atoms with E-state index in [0.717, 1.165) is 9.86 Å². The van der Waals surface area contributed by atoms with Crippen LogP contribution in [-0.2, 0) is 9.53 Å². The van der Waals surface area contributed by atoms with Gasteiger partial charge in [0.15, 0.2) is 23.9 Å². The van der Waals surface area contributed by atoms with Gasteiger partial charge in [0.1, 0.15) is 5.58 Å². The van der Waals surface area contributed by atoms with Crippen LogP contribution in [0.15, 0.2) is 54.9 Å². The topological polar surface area (TPSA) is 99.4 Å². The number of hydrazone groups is 1. The highest BCUT2D eigenvalue weighted by molar-refractivity contribution is 9.10. The molecule has 0 bridgehead atoms. The summed E-state index contributed by atoms with van der Waals surface area (Å²) in [5.74, 6) is -0.121. The highest BCUT2D eigenvalue weighted by Gasteiger charge is 2.13. The highest BCUT2D eigenvalue weighted by Crippen LogP contribution is 2.33. The zero-order valence-electron chi connectivity index (χ0n) is 15.9. The number of nitrogens with zero attached hydrogens (tertiary/aromatic N) is 1. The molecule has 156 valence electrons. The number of hydrogen-bond donors (Lipinski definition) is 1. The van der Waals surface area contributed by atoms with Crippen molar-refractivity contribution in [2.75, 3.05) is 20.8 Å². The molecule has 0 aliphatic heterocycles. The maximum absolute atomic E-state index is 12.3. The first-order valence-corrected chi connectivity index (χ1v) is 10.1. The lowest BCUT2D eigenvalue weighted by Crippen LogP contribution is -2.16. The standard InChI is InChI=1S/C20H16Br2N2O6/c1-27-16-7-12(14(22)8-17(16)29-10-19(25)28-2)9-23-24-20(26)18-6-11-5-13(21)3-4-15(11)30-18/h3-9H,10H2,1-2H3,(H,24,26)/b23-9+. The molecule has 1 N–H and O–H groups in total. The van der Waals surface area contributed by atoms with Crippen LogP contribution < -0.4 is 14.9 Å². The second-order valence-corrected chi connectivity index (χ2v) is 7.65. The lowest BCUT2D eigenvalue weighted by molar-refractivity contribution is -0.142. The van der Waals surface area contributed by atoms with Gasteiger partial charge in [-0.25, -0.2) is 10.2 Å². The van der Waals surface area contributed by atoms with Crippen LogP contribution in [0, 0.1) is 0 Å². The number of furan rings is 1. The summed E-state index contributed by atoms with van der Waals surface area (Å²) in [6.45, 7) is -0.253. The highest BCUT2D eigenvalue weighted by atomic mass is 79.9. The summed E-state index contributed by atoms with van der Waals surface area (Å²) < 4.78 is 22.3. The molecule has 0 aliphatic carbocycles. The molecule has 3 aromatic rings. The molecule has 0 saturated carbocycles. The Balaban J connectivity index is 1.71. The van der Waals surface area contributed by atoms with E-state index >= 15 is 0 Å². The number of amides is 1. The minimum atomic E-state index is -0.514. The van der Waals surface area contributed by atoms with Crippen molar-refractivity contribution in [2.45, 2.75) is 0 Å². The fraction of sp³-hybridized carbons (Fsp3) is 0.150. The molecule has 1 aromatic heterocycles. The Bertz CT molecular complexity index is 1130. The first-order valence-electron chi connectivity index (χ1n) is 8.51. The SMILES string of the molecule is COC(=O)COc1cc(Br)c(/C=N/NC(=O)c2cc3cc(Br)ccc3o2)cc1OC. The Labute approximate surface area is 188 Å². The van der Waals surface area contributed by atoms with Crippen molar-refractivity contribution in [1.82, 2.24) is 5.43 Å². The van der Waals surface area contributed by atoms with E-state index in [1.165, 1.54) is 20.4 Å². The summed E-state index contributed by atoms with van der Waals surface area (Å²) in [5.41, 5.74) is 3.64. The molecule has 0 aliphatic rings. The first kappa shape index (κ1) is 21.8. The molecule has 8 nitrogen and oxygen atoms in total. The number of benzene rings is 2. The molecule has 3 rings (SSSR count). The van der Waals surface area contributed by atoms with Gasteiger partial charge in [-0.2, -0.15) is 5.10 Å². The zero-order valence-corrected chi connectivity index (χ0v) is 19.1. The van der Waals surface area contributed by atoms with Crippen LogP contribution in [0.3, 0.4) is 0 Å². The lowest BCUT2D eigenvalue weighted by atomic mass is 10.2. The predicted molar refractivity (Wildman–Crippen MR) is 117 cm³/mol. The van der Waals surface area contributed by atoms with Crippen molar-refractivity contribution in [3.63, 3.8) is 0 Å². The number of halogens is 2. The average Bonchev–Trinajstić information content (AvgIpc) is 3.16. The molecule has 30 heavy (non-hydrogen) atoms. The second kappa shape index (κ2) is 9.77. The summed E-state index contributed by atoms with van der Waals surface area (Å²) in [7, 11) is 2.74. The van der Waals surface area contributed by atoms with Crippen LogP contribution in [-0.4, -0.2) is 38.9 Å². The number of rotatable bonds is 7. The Morgan fingerprint density at radius 1 is 1.13 bits per heavy atom. The minimum Gasteiger partial charge on any atom is -0.493 e. The van der Waals surface area contributed by atoms with E-state index in [-0.39, 0.29) is 12.4 Å². The van der Waals surface area contributed by atoms with Crippen molar-refractivity contribution in [3.8, 4) is 11.5 Å². The Morgan fingerprint density at radius 3 is 2.67 bits per heavy atom. The fourth-order valence-corrected chi connectivity index (χ4v) is 3.26. The van der Waals surface area contributed by atoms with E-state index in [9.17, 15) is 9.59 Å². The van der Waals surface area contributed by atoms with E-state index in [2.05, 4.69) is 47.1 Å². The van der Waals surface area contributed by atoms with Gasteiger partial charge in [-0.1, -0.05) is 15.9 Å². The van der Waals surface area contributed by atoms with Gasteiger partial charge in [-0.3, -0.25) is 4.79 Å². The lowest BCUT2D eigenvalue weighted by Gasteiger charge is -2.11. The number of esters is 1. The fourth-order valence-electron chi connectivity index (χ4n) is 2.46. The molecule has 1 heterocycles. The molecular formula is C20H16Br2N2O6. The van der Waals surface area contributed by atoms with Crippen molar-refractivity contribution in [1.29, 1.82) is 0 Å². The van der Waals surface area contributed by atoms with Gasteiger partial charge in [0.05, 0.1) is 20.4 Å². The van der Waals surface area contributed by atoms with Gasteiger partial charge >= 0.3 is 11.9 Å². The van der Waals surface area contributed by atoms with Crippen molar-refractivity contribution < 1.29 is 28.2 Å². The molecule has 0 radical (unpaired) electrons. The van der Waals surface area contributed by atoms with Gasteiger partial charge in [-0.15, -0.1) is 0 Å². The van der Waals surface area contributed by atoms with Crippen LogP contribution in [0.4, 0.5) is 0 Å². The summed E-state index contributed by atoms with van der Waals surface area (Å²) in [6, 6.07) is 10.4. The molecular weight excluding hydrogens is 524 g/mol. The van der Waals surface area contributed by atoms with Gasteiger partial charge in [0, 0.05) is 19.9 Å². The number of fused-ring (bicyclic) bond motifs is 1. The zero-order chi connectivity index (χ0) is 21.7. The minimum absolute atomic E-state index is 0.142. The molecule has 0 saturated heterocycles. The summed E-state index contributed by atoms with van der Waals surface area (Å²) >= 11 is 6.78. The summed E-state index contributed by atoms with van der Waals surface area (Å²) in [4.78, 5) is 23.6. The monoisotopic (exact) mass is 538 g/mol. The van der Waals surface area contributed by atoms with E-state index in [0.29, 0.717) is 27.1 Å². The quantitative estimate of drug-likeness (QED) is 0.273. The number of nitrogens with one attached hydrogen (secondary N) is 1. The number of methoxy groups -OCH3 is 2. The van der Waals surface area contributed by atoms with E-state index in [1.807, 2.05) is 12.1 Å². The molecule has 10 heteroatoms. The Hall–Kier alpha value is -2.85. The normalized spacial score (nSPS) is 10.9. The predicted octanol–water partition coefficient (Wildman–Crippen LogP) is 4.28. The van der Waals surface area contributed by atoms with Gasteiger partial charge in [0.25, 0.3) is 0 Å². The molecule has 0 unspecified atom stereocenters. The van der Waals surface area contributed by atoms with Crippen LogP contribution in [0.1, 0.15) is 16.1 Å². The van der Waals surface area contributed by atoms with Crippen LogP contribution >= 0.6 is 31.9 Å². The molecule has 0 spiro atoms. The number of hydrogen-bond acceptors (Lipinski definition) is 7. The second-order valence-electron chi connectivity index (χ2n) is 5.88. The van der Waals surface area contributed by atoms with E-state index < -0.39 is 11.9 Å². The van der Waals surface area contributed by atoms with Crippen molar-refractivity contribution >= 4 is 60.9 Å². The molecule has 0 atom stereocenters. The van der Waals surface area contributed by atoms with Crippen LogP contribution in [0.5, 0.6) is 11.5 Å². The largest absolute Gasteiger partial charge is 0.493 e. The van der Waals surface area contributed by atoms with Crippen LogP contribution in [0.25, 0.3) is 11.0 Å². The molecule has 1 amide bonds. The maximum atomic E-state index is 12.3. The third kappa shape index (κ3) is 5.19. The van der Waals surface area contributed by atoms with Crippen LogP contribution in [0.2, 0.25) is 0 Å². The Kier molecular flexibility index (Phi) is 7.11. The Morgan fingerprint density at radius 2 is 1.93 bits per heavy atom. The molecule has 0 fully saturated rings. The van der Waals surface area contributed by atoms with E-state index in [4.69, 9.17) is 13.9 Å². The third-order valence-corrected chi connectivity index (χ3v) is 5.11. The van der Waals surface area contributed by atoms with E-state index in [1.54, 1.807) is 24.3 Å². The van der Waals surface area contributed by atoms with Gasteiger partial charge < -0.3 is 18.6 Å². The molecule has 2 aromatic carbocycles.